The summed E-state index contributed by atoms with van der Waals surface area (Å²) >= 11 is 2.77. The number of aromatic amines is 1. The van der Waals surface area contributed by atoms with E-state index in [4.69, 9.17) is 0 Å². The van der Waals surface area contributed by atoms with E-state index in [0.29, 0.717) is 26.3 Å². The summed E-state index contributed by atoms with van der Waals surface area (Å²) in [5, 5.41) is 11.9. The first-order valence-corrected chi connectivity index (χ1v) is 10.5. The number of ketones is 2. The molecule has 0 aliphatic heterocycles. The Morgan fingerprint density at radius 3 is 2.54 bits per heavy atom. The van der Waals surface area contributed by atoms with Crippen LogP contribution in [0.3, 0.4) is 0 Å². The van der Waals surface area contributed by atoms with Gasteiger partial charge in [0.2, 0.25) is 5.13 Å². The predicted molar refractivity (Wildman–Crippen MR) is 114 cm³/mol. The highest BCUT2D eigenvalue weighted by molar-refractivity contribution is 8.02. The molecular formula is C20H22N4O2S2. The van der Waals surface area contributed by atoms with Crippen LogP contribution in [0.25, 0.3) is 0 Å². The maximum Gasteiger partial charge on any atom is 0.210 e. The number of carbonyl (C=O) groups excluding carboxylic acids is 2. The molecule has 3 rings (SSSR count). The van der Waals surface area contributed by atoms with Crippen LogP contribution in [0.15, 0.2) is 28.6 Å². The molecule has 0 aliphatic carbocycles. The Morgan fingerprint density at radius 1 is 1.18 bits per heavy atom. The van der Waals surface area contributed by atoms with Gasteiger partial charge in [0.1, 0.15) is 0 Å². The quantitative estimate of drug-likeness (QED) is 0.413. The first-order valence-electron chi connectivity index (χ1n) is 8.85. The van der Waals surface area contributed by atoms with Gasteiger partial charge < -0.3 is 10.3 Å². The van der Waals surface area contributed by atoms with Crippen molar-refractivity contribution in [3.05, 3.63) is 52.3 Å². The molecule has 2 aromatic heterocycles. The first-order chi connectivity index (χ1) is 13.3. The van der Waals surface area contributed by atoms with Crippen molar-refractivity contribution in [1.29, 1.82) is 0 Å². The summed E-state index contributed by atoms with van der Waals surface area (Å²) in [5.74, 6) is -0.0941. The molecule has 0 spiro atoms. The van der Waals surface area contributed by atoms with Gasteiger partial charge in [0.05, 0.1) is 10.9 Å². The lowest BCUT2D eigenvalue weighted by atomic mass is 10.0. The second-order valence-electron chi connectivity index (χ2n) is 6.62. The average Bonchev–Trinajstić information content (AvgIpc) is 3.19. The molecule has 8 heteroatoms. The van der Waals surface area contributed by atoms with Crippen molar-refractivity contribution >= 4 is 45.5 Å². The van der Waals surface area contributed by atoms with E-state index in [2.05, 4.69) is 20.5 Å². The lowest BCUT2D eigenvalue weighted by Crippen LogP contribution is -2.15. The summed E-state index contributed by atoms with van der Waals surface area (Å²) in [7, 11) is 0. The van der Waals surface area contributed by atoms with Crippen molar-refractivity contribution in [2.24, 2.45) is 0 Å². The van der Waals surface area contributed by atoms with Crippen molar-refractivity contribution < 1.29 is 9.59 Å². The van der Waals surface area contributed by atoms with E-state index in [0.717, 1.165) is 16.9 Å². The zero-order valence-electron chi connectivity index (χ0n) is 16.4. The monoisotopic (exact) mass is 414 g/mol. The SMILES string of the molecule is CC(=O)c1c(C)[nH]c(C(=O)[C@@H](C)Sc2nnc(Nc3ccccc3C)s2)c1C. The first kappa shape index (κ1) is 20.3. The average molecular weight is 415 g/mol. The van der Waals surface area contributed by atoms with Crippen LogP contribution in [-0.4, -0.2) is 32.0 Å². The highest BCUT2D eigenvalue weighted by Crippen LogP contribution is 2.33. The van der Waals surface area contributed by atoms with Gasteiger partial charge in [-0.15, -0.1) is 10.2 Å². The van der Waals surface area contributed by atoms with Crippen LogP contribution in [0.4, 0.5) is 10.8 Å². The Bertz CT molecular complexity index is 1040. The summed E-state index contributed by atoms with van der Waals surface area (Å²) in [6, 6.07) is 7.95. The van der Waals surface area contributed by atoms with Gasteiger partial charge in [0.15, 0.2) is 15.9 Å². The van der Waals surface area contributed by atoms with Crippen molar-refractivity contribution in [1.82, 2.24) is 15.2 Å². The molecule has 0 bridgehead atoms. The molecular weight excluding hydrogens is 392 g/mol. The number of H-pyrrole nitrogens is 1. The summed E-state index contributed by atoms with van der Waals surface area (Å²) in [4.78, 5) is 27.8. The topological polar surface area (TPSA) is 87.7 Å². The van der Waals surface area contributed by atoms with Gasteiger partial charge in [-0.3, -0.25) is 9.59 Å². The number of hydrogen-bond acceptors (Lipinski definition) is 7. The number of aryl methyl sites for hydroxylation is 2. The molecule has 0 saturated carbocycles. The van der Waals surface area contributed by atoms with Crippen molar-refractivity contribution in [2.75, 3.05) is 5.32 Å². The van der Waals surface area contributed by atoms with Crippen LogP contribution in [0.5, 0.6) is 0 Å². The number of aromatic nitrogens is 3. The lowest BCUT2D eigenvalue weighted by molar-refractivity contribution is 0.0988. The number of anilines is 2. The fraction of sp³-hybridized carbons (Fsp3) is 0.300. The molecule has 0 radical (unpaired) electrons. The molecule has 0 saturated heterocycles. The van der Waals surface area contributed by atoms with Crippen LogP contribution >= 0.6 is 23.1 Å². The zero-order chi connectivity index (χ0) is 20.4. The smallest absolute Gasteiger partial charge is 0.210 e. The zero-order valence-corrected chi connectivity index (χ0v) is 18.0. The third-order valence-corrected chi connectivity index (χ3v) is 6.50. The van der Waals surface area contributed by atoms with Crippen molar-refractivity contribution in [3.8, 4) is 0 Å². The molecule has 1 aromatic carbocycles. The normalized spacial score (nSPS) is 12.0. The van der Waals surface area contributed by atoms with Gasteiger partial charge in [-0.1, -0.05) is 41.3 Å². The minimum atomic E-state index is -0.351. The van der Waals surface area contributed by atoms with Crippen LogP contribution in [0.2, 0.25) is 0 Å². The number of rotatable bonds is 7. The van der Waals surface area contributed by atoms with Crippen LogP contribution in [-0.2, 0) is 0 Å². The number of nitrogens with zero attached hydrogens (tertiary/aromatic N) is 2. The minimum absolute atomic E-state index is 0.0401. The van der Waals surface area contributed by atoms with Crippen molar-refractivity contribution in [2.45, 2.75) is 44.2 Å². The highest BCUT2D eigenvalue weighted by Gasteiger charge is 2.25. The summed E-state index contributed by atoms with van der Waals surface area (Å²) in [5.41, 5.74) is 4.63. The fourth-order valence-electron chi connectivity index (χ4n) is 3.07. The Morgan fingerprint density at radius 2 is 1.89 bits per heavy atom. The Kier molecular flexibility index (Phi) is 6.00. The molecule has 2 heterocycles. The number of hydrogen-bond donors (Lipinski definition) is 2. The minimum Gasteiger partial charge on any atom is -0.355 e. The lowest BCUT2D eigenvalue weighted by Gasteiger charge is -2.07. The Balaban J connectivity index is 1.72. The Hall–Kier alpha value is -2.45. The number of thioether (sulfide) groups is 1. The molecule has 1 atom stereocenters. The van der Waals surface area contributed by atoms with Gasteiger partial charge >= 0.3 is 0 Å². The third-order valence-electron chi connectivity index (χ3n) is 4.48. The van der Waals surface area contributed by atoms with Gasteiger partial charge in [-0.25, -0.2) is 0 Å². The fourth-order valence-corrected chi connectivity index (χ4v) is 5.04. The van der Waals surface area contributed by atoms with E-state index in [1.807, 2.05) is 45.0 Å². The van der Waals surface area contributed by atoms with Gasteiger partial charge in [-0.05, 0) is 51.8 Å². The third kappa shape index (κ3) is 4.18. The molecule has 0 unspecified atom stereocenters. The van der Waals surface area contributed by atoms with Gasteiger partial charge in [-0.2, -0.15) is 0 Å². The van der Waals surface area contributed by atoms with Crippen LogP contribution in [0.1, 0.15) is 51.5 Å². The summed E-state index contributed by atoms with van der Waals surface area (Å²) in [6.45, 7) is 8.99. The molecule has 6 nitrogen and oxygen atoms in total. The molecule has 28 heavy (non-hydrogen) atoms. The molecule has 2 N–H and O–H groups in total. The predicted octanol–water partition coefficient (Wildman–Crippen LogP) is 5.10. The molecule has 146 valence electrons. The summed E-state index contributed by atoms with van der Waals surface area (Å²) in [6.07, 6.45) is 0. The van der Waals surface area contributed by atoms with E-state index in [1.165, 1.54) is 30.0 Å². The largest absolute Gasteiger partial charge is 0.355 e. The maximum absolute atomic E-state index is 12.9. The molecule has 0 fully saturated rings. The second kappa shape index (κ2) is 8.28. The molecule has 0 amide bonds. The number of para-hydroxylation sites is 1. The van der Waals surface area contributed by atoms with Crippen LogP contribution in [0, 0.1) is 20.8 Å². The molecule has 3 aromatic rings. The van der Waals surface area contributed by atoms with Gasteiger partial charge in [0.25, 0.3) is 0 Å². The standard InChI is InChI=1S/C20H22N4O2S2/c1-10-8-6-7-9-15(10)22-19-23-24-20(28-19)27-14(5)18(26)17-11(2)16(13(4)25)12(3)21-17/h6-9,14,21H,1-5H3,(H,22,23)/t14-/m1/s1. The van der Waals surface area contributed by atoms with Crippen LogP contribution < -0.4 is 5.32 Å². The number of carbonyl (C=O) groups is 2. The van der Waals surface area contributed by atoms with E-state index in [1.54, 1.807) is 6.92 Å². The number of nitrogens with one attached hydrogen (secondary N) is 2. The van der Waals surface area contributed by atoms with E-state index < -0.39 is 0 Å². The van der Waals surface area contributed by atoms with Gasteiger partial charge in [0, 0.05) is 16.9 Å². The van der Waals surface area contributed by atoms with E-state index in [9.17, 15) is 9.59 Å². The van der Waals surface area contributed by atoms with E-state index >= 15 is 0 Å². The summed E-state index contributed by atoms with van der Waals surface area (Å²) < 4.78 is 0.713. The van der Waals surface area contributed by atoms with E-state index in [-0.39, 0.29) is 16.8 Å². The Labute approximate surface area is 172 Å². The number of benzene rings is 1. The number of Topliss-reactive ketones (excluding diaryl/α,β-unsaturated/α-hetero) is 2. The second-order valence-corrected chi connectivity index (χ2v) is 9.18. The molecule has 0 aliphatic rings. The maximum atomic E-state index is 12.9. The van der Waals surface area contributed by atoms with Crippen molar-refractivity contribution in [3.63, 3.8) is 0 Å². The highest BCUT2D eigenvalue weighted by atomic mass is 32.2.